The third kappa shape index (κ3) is 2.54. The fourth-order valence-electron chi connectivity index (χ4n) is 1.05. The van der Waals surface area contributed by atoms with Gasteiger partial charge in [-0.15, -0.1) is 0 Å². The van der Waals surface area contributed by atoms with E-state index < -0.39 is 17.2 Å². The maximum atomic E-state index is 12.7. The fraction of sp³-hybridized carbons (Fsp3) is 0.250. The average molecular weight is 347 g/mol. The van der Waals surface area contributed by atoms with Gasteiger partial charge in [0.25, 0.3) is 11.7 Å². The summed E-state index contributed by atoms with van der Waals surface area (Å²) >= 11 is 6.94. The zero-order valence-corrected chi connectivity index (χ0v) is 10.3. The van der Waals surface area contributed by atoms with Gasteiger partial charge in [-0.1, -0.05) is 0 Å². The van der Waals surface area contributed by atoms with E-state index in [0.29, 0.717) is 0 Å². The molecule has 0 atom stereocenters. The van der Waals surface area contributed by atoms with Crippen LogP contribution >= 0.6 is 34.2 Å². The second kappa shape index (κ2) is 5.02. The van der Waals surface area contributed by atoms with Crippen molar-refractivity contribution >= 4 is 39.4 Å². The SMILES string of the molecule is COc1ncc(I)c(C(=O)Cl)c1C(F)F. The van der Waals surface area contributed by atoms with Gasteiger partial charge in [0.05, 0.1) is 18.2 Å². The van der Waals surface area contributed by atoms with Gasteiger partial charge in [-0.2, -0.15) is 0 Å². The predicted molar refractivity (Wildman–Crippen MR) is 58.6 cm³/mol. The Bertz CT molecular complexity index is 400. The van der Waals surface area contributed by atoms with Crippen LogP contribution in [0.5, 0.6) is 5.88 Å². The normalized spacial score (nSPS) is 10.5. The monoisotopic (exact) mass is 347 g/mol. The number of alkyl halides is 2. The Morgan fingerprint density at radius 1 is 1.67 bits per heavy atom. The van der Waals surface area contributed by atoms with Crippen LogP contribution in [0.2, 0.25) is 0 Å². The molecule has 0 aliphatic heterocycles. The van der Waals surface area contributed by atoms with Crippen molar-refractivity contribution in [2.45, 2.75) is 6.43 Å². The summed E-state index contributed by atoms with van der Waals surface area (Å²) in [6.45, 7) is 0. The first kappa shape index (κ1) is 12.6. The lowest BCUT2D eigenvalue weighted by atomic mass is 10.1. The van der Waals surface area contributed by atoms with Crippen LogP contribution in [0.3, 0.4) is 0 Å². The number of pyridine rings is 1. The molecule has 82 valence electrons. The number of ether oxygens (including phenoxy) is 1. The molecular formula is C8H5ClF2INO2. The number of carbonyl (C=O) groups excluding carboxylic acids is 1. The van der Waals surface area contributed by atoms with E-state index in [2.05, 4.69) is 9.72 Å². The van der Waals surface area contributed by atoms with E-state index in [-0.39, 0.29) is 15.0 Å². The van der Waals surface area contributed by atoms with Gasteiger partial charge < -0.3 is 4.74 Å². The smallest absolute Gasteiger partial charge is 0.269 e. The molecule has 7 heteroatoms. The molecule has 15 heavy (non-hydrogen) atoms. The third-order valence-corrected chi connectivity index (χ3v) is 2.65. The highest BCUT2D eigenvalue weighted by Crippen LogP contribution is 2.33. The Labute approximate surface area is 103 Å². The minimum Gasteiger partial charge on any atom is -0.481 e. The lowest BCUT2D eigenvalue weighted by Gasteiger charge is -2.10. The van der Waals surface area contributed by atoms with Gasteiger partial charge in [0.2, 0.25) is 5.88 Å². The molecule has 0 aliphatic carbocycles. The molecule has 3 nitrogen and oxygen atoms in total. The molecule has 0 saturated heterocycles. The summed E-state index contributed by atoms with van der Waals surface area (Å²) in [6.07, 6.45) is -1.61. The number of nitrogens with zero attached hydrogens (tertiary/aromatic N) is 1. The second-order valence-electron chi connectivity index (χ2n) is 2.48. The number of aromatic nitrogens is 1. The van der Waals surface area contributed by atoms with E-state index in [4.69, 9.17) is 11.6 Å². The molecule has 0 amide bonds. The summed E-state index contributed by atoms with van der Waals surface area (Å²) in [5.74, 6) is -0.283. The topological polar surface area (TPSA) is 39.2 Å². The second-order valence-corrected chi connectivity index (χ2v) is 3.98. The number of hydrogen-bond acceptors (Lipinski definition) is 3. The van der Waals surface area contributed by atoms with Crippen molar-refractivity contribution in [2.75, 3.05) is 7.11 Å². The molecule has 0 aromatic carbocycles. The van der Waals surface area contributed by atoms with E-state index in [1.807, 2.05) is 0 Å². The van der Waals surface area contributed by atoms with Crippen LogP contribution in [-0.4, -0.2) is 17.3 Å². The zero-order chi connectivity index (χ0) is 11.6. The molecule has 0 spiro atoms. The molecule has 1 heterocycles. The molecule has 1 aromatic heterocycles. The molecule has 0 saturated carbocycles. The van der Waals surface area contributed by atoms with Crippen molar-refractivity contribution in [2.24, 2.45) is 0 Å². The van der Waals surface area contributed by atoms with Crippen LogP contribution in [0.25, 0.3) is 0 Å². The molecule has 1 aromatic rings. The number of hydrogen-bond donors (Lipinski definition) is 0. The molecule has 0 aliphatic rings. The lowest BCUT2D eigenvalue weighted by molar-refractivity contribution is 0.106. The van der Waals surface area contributed by atoms with Gasteiger partial charge >= 0.3 is 0 Å². The highest BCUT2D eigenvalue weighted by atomic mass is 127. The lowest BCUT2D eigenvalue weighted by Crippen LogP contribution is -2.06. The van der Waals surface area contributed by atoms with Crippen molar-refractivity contribution in [3.63, 3.8) is 0 Å². The average Bonchev–Trinajstić information content (AvgIpc) is 2.16. The number of rotatable bonds is 3. The van der Waals surface area contributed by atoms with Crippen molar-refractivity contribution in [3.8, 4) is 5.88 Å². The van der Waals surface area contributed by atoms with E-state index in [9.17, 15) is 13.6 Å². The molecule has 0 N–H and O–H groups in total. The summed E-state index contributed by atoms with van der Waals surface area (Å²) in [4.78, 5) is 14.6. The summed E-state index contributed by atoms with van der Waals surface area (Å²) in [6, 6.07) is 0. The summed E-state index contributed by atoms with van der Waals surface area (Å²) < 4.78 is 30.3. The Hall–Kier alpha value is -0.500. The standard InChI is InChI=1S/C8H5ClF2INO2/c1-15-8-5(7(10)11)4(6(9)14)3(12)2-13-8/h2,7H,1H3. The Kier molecular flexibility index (Phi) is 4.21. The Balaban J connectivity index is 3.51. The zero-order valence-electron chi connectivity index (χ0n) is 7.43. The van der Waals surface area contributed by atoms with Crippen molar-refractivity contribution < 1.29 is 18.3 Å². The molecule has 0 radical (unpaired) electrons. The minimum absolute atomic E-state index is 0.251. The van der Waals surface area contributed by atoms with Gasteiger partial charge in [0.1, 0.15) is 0 Å². The number of carbonyl (C=O) groups is 1. The van der Waals surface area contributed by atoms with Crippen molar-refractivity contribution in [3.05, 3.63) is 20.9 Å². The maximum absolute atomic E-state index is 12.7. The van der Waals surface area contributed by atoms with Crippen LogP contribution in [0.4, 0.5) is 8.78 Å². The van der Waals surface area contributed by atoms with Gasteiger partial charge in [0.15, 0.2) is 0 Å². The Morgan fingerprint density at radius 3 is 2.67 bits per heavy atom. The minimum atomic E-state index is -2.86. The molecule has 0 fully saturated rings. The van der Waals surface area contributed by atoms with Crippen LogP contribution in [0, 0.1) is 3.57 Å². The highest BCUT2D eigenvalue weighted by Gasteiger charge is 2.25. The van der Waals surface area contributed by atoms with E-state index in [1.165, 1.54) is 13.3 Å². The third-order valence-electron chi connectivity index (χ3n) is 1.64. The van der Waals surface area contributed by atoms with E-state index in [1.54, 1.807) is 22.6 Å². The van der Waals surface area contributed by atoms with Crippen LogP contribution in [0.1, 0.15) is 22.3 Å². The van der Waals surface area contributed by atoms with Gasteiger partial charge in [0, 0.05) is 9.77 Å². The van der Waals surface area contributed by atoms with Gasteiger partial charge in [-0.05, 0) is 34.2 Å². The molecule has 0 unspecified atom stereocenters. The summed E-state index contributed by atoms with van der Waals surface area (Å²) in [7, 11) is 1.20. The van der Waals surface area contributed by atoms with E-state index >= 15 is 0 Å². The van der Waals surface area contributed by atoms with Gasteiger partial charge in [-0.25, -0.2) is 13.8 Å². The molecule has 0 bridgehead atoms. The van der Waals surface area contributed by atoms with Crippen molar-refractivity contribution in [1.82, 2.24) is 4.98 Å². The first-order valence-corrected chi connectivity index (χ1v) is 5.15. The van der Waals surface area contributed by atoms with Crippen molar-refractivity contribution in [1.29, 1.82) is 0 Å². The van der Waals surface area contributed by atoms with Crippen LogP contribution < -0.4 is 4.74 Å². The number of halogens is 4. The fourth-order valence-corrected chi connectivity index (χ4v) is 2.09. The largest absolute Gasteiger partial charge is 0.481 e. The summed E-state index contributed by atoms with van der Waals surface area (Å²) in [5, 5.41) is -0.949. The molecule has 1 rings (SSSR count). The van der Waals surface area contributed by atoms with Crippen LogP contribution in [0.15, 0.2) is 6.20 Å². The number of methoxy groups -OCH3 is 1. The van der Waals surface area contributed by atoms with Crippen LogP contribution in [-0.2, 0) is 0 Å². The maximum Gasteiger partial charge on any atom is 0.269 e. The quantitative estimate of drug-likeness (QED) is 0.623. The van der Waals surface area contributed by atoms with E-state index in [0.717, 1.165) is 0 Å². The molecular weight excluding hydrogens is 342 g/mol. The van der Waals surface area contributed by atoms with Gasteiger partial charge in [-0.3, -0.25) is 4.79 Å². The predicted octanol–water partition coefficient (Wildman–Crippen LogP) is 3.01. The summed E-state index contributed by atoms with van der Waals surface area (Å²) in [5.41, 5.74) is -0.816. The first-order valence-electron chi connectivity index (χ1n) is 3.69. The first-order chi connectivity index (χ1) is 6.99. The Morgan fingerprint density at radius 2 is 2.27 bits per heavy atom. The highest BCUT2D eigenvalue weighted by molar-refractivity contribution is 14.1.